The summed E-state index contributed by atoms with van der Waals surface area (Å²) in [5.74, 6) is 0. The van der Waals surface area contributed by atoms with Crippen LogP contribution in [0.4, 0.5) is 0 Å². The number of rotatable bonds is 3. The Labute approximate surface area is 82.5 Å². The molecule has 0 saturated carbocycles. The zero-order chi connectivity index (χ0) is 9.84. The van der Waals surface area contributed by atoms with E-state index in [-0.39, 0.29) is 12.6 Å². The molecule has 1 atom stereocenters. The Morgan fingerprint density at radius 2 is 2.38 bits per heavy atom. The van der Waals surface area contributed by atoms with Crippen molar-refractivity contribution >= 4 is 11.6 Å². The van der Waals surface area contributed by atoms with Crippen molar-refractivity contribution in [2.75, 3.05) is 6.61 Å². The molecule has 13 heavy (non-hydrogen) atoms. The van der Waals surface area contributed by atoms with E-state index in [0.29, 0.717) is 11.6 Å². The van der Waals surface area contributed by atoms with Gasteiger partial charge in [-0.2, -0.15) is 0 Å². The van der Waals surface area contributed by atoms with Crippen LogP contribution in [0.2, 0.25) is 5.15 Å². The number of pyridine rings is 1. The molecule has 0 aliphatic carbocycles. The summed E-state index contributed by atoms with van der Waals surface area (Å²) in [6.45, 7) is 1.88. The van der Waals surface area contributed by atoms with E-state index in [1.807, 2.05) is 13.0 Å². The second-order valence-corrected chi connectivity index (χ2v) is 3.46. The smallest absolute Gasteiger partial charge is 0.131 e. The van der Waals surface area contributed by atoms with E-state index in [0.717, 1.165) is 11.1 Å². The van der Waals surface area contributed by atoms with Crippen molar-refractivity contribution in [2.24, 2.45) is 5.73 Å². The fraction of sp³-hybridized carbons (Fsp3) is 0.444. The topological polar surface area (TPSA) is 59.1 Å². The van der Waals surface area contributed by atoms with Crippen LogP contribution < -0.4 is 5.73 Å². The first kappa shape index (κ1) is 10.4. The monoisotopic (exact) mass is 200 g/mol. The molecule has 3 nitrogen and oxygen atoms in total. The van der Waals surface area contributed by atoms with E-state index in [1.54, 1.807) is 6.20 Å². The fourth-order valence-electron chi connectivity index (χ4n) is 1.10. The zero-order valence-electron chi connectivity index (χ0n) is 7.50. The van der Waals surface area contributed by atoms with E-state index in [9.17, 15) is 0 Å². The van der Waals surface area contributed by atoms with Gasteiger partial charge in [0, 0.05) is 12.2 Å². The van der Waals surface area contributed by atoms with Crippen LogP contribution >= 0.6 is 11.6 Å². The molecule has 0 aromatic carbocycles. The Hall–Kier alpha value is -0.640. The lowest BCUT2D eigenvalue weighted by Gasteiger charge is -2.08. The Bertz CT molecular complexity index is 291. The Kier molecular flexibility index (Phi) is 3.66. The average molecular weight is 201 g/mol. The summed E-state index contributed by atoms with van der Waals surface area (Å²) in [5, 5.41) is 9.26. The normalized spacial score (nSPS) is 12.9. The standard InChI is InChI=1S/C9H13ClN2O/c1-6-2-7(3-8(11)5-13)4-12-9(6)10/h2,4,8,13H,3,5,11H2,1H3. The maximum atomic E-state index is 8.75. The van der Waals surface area contributed by atoms with Crippen molar-refractivity contribution in [3.8, 4) is 0 Å². The van der Waals surface area contributed by atoms with E-state index in [1.165, 1.54) is 0 Å². The Morgan fingerprint density at radius 3 is 2.92 bits per heavy atom. The molecule has 0 spiro atoms. The van der Waals surface area contributed by atoms with E-state index in [4.69, 9.17) is 22.4 Å². The molecule has 0 fully saturated rings. The maximum Gasteiger partial charge on any atom is 0.131 e. The molecule has 0 saturated heterocycles. The number of nitrogens with two attached hydrogens (primary N) is 1. The number of hydrogen-bond acceptors (Lipinski definition) is 3. The largest absolute Gasteiger partial charge is 0.395 e. The predicted molar refractivity (Wildman–Crippen MR) is 52.7 cm³/mol. The Balaban J connectivity index is 2.73. The third-order valence-electron chi connectivity index (χ3n) is 1.80. The molecule has 0 aliphatic rings. The number of hydrogen-bond donors (Lipinski definition) is 2. The minimum atomic E-state index is -0.220. The second kappa shape index (κ2) is 4.56. The van der Waals surface area contributed by atoms with Crippen LogP contribution in [-0.4, -0.2) is 22.7 Å². The van der Waals surface area contributed by atoms with E-state index in [2.05, 4.69) is 4.98 Å². The molecule has 72 valence electrons. The van der Waals surface area contributed by atoms with E-state index < -0.39 is 0 Å². The predicted octanol–water partition coefficient (Wildman–Crippen LogP) is 0.906. The molecular weight excluding hydrogens is 188 g/mol. The van der Waals surface area contributed by atoms with Gasteiger partial charge in [0.05, 0.1) is 6.61 Å². The molecule has 0 bridgehead atoms. The van der Waals surface area contributed by atoms with Crippen LogP contribution in [0, 0.1) is 6.92 Å². The molecule has 1 aromatic heterocycles. The molecule has 1 heterocycles. The molecule has 0 radical (unpaired) electrons. The van der Waals surface area contributed by atoms with Crippen molar-refractivity contribution in [2.45, 2.75) is 19.4 Å². The molecule has 1 unspecified atom stereocenters. The second-order valence-electron chi connectivity index (χ2n) is 3.10. The summed E-state index contributed by atoms with van der Waals surface area (Å²) in [6.07, 6.45) is 2.31. The SMILES string of the molecule is Cc1cc(CC(N)CO)cnc1Cl. The molecule has 0 amide bonds. The van der Waals surface area contributed by atoms with Gasteiger partial charge in [0.25, 0.3) is 0 Å². The Morgan fingerprint density at radius 1 is 1.69 bits per heavy atom. The highest BCUT2D eigenvalue weighted by Gasteiger charge is 2.04. The van der Waals surface area contributed by atoms with Crippen LogP contribution in [0.1, 0.15) is 11.1 Å². The quantitative estimate of drug-likeness (QED) is 0.713. The van der Waals surface area contributed by atoms with Gasteiger partial charge in [0.15, 0.2) is 0 Å². The number of halogens is 1. The number of aliphatic hydroxyl groups is 1. The number of aromatic nitrogens is 1. The summed E-state index contributed by atoms with van der Waals surface area (Å²) in [6, 6.07) is 1.72. The summed E-state index contributed by atoms with van der Waals surface area (Å²) in [4.78, 5) is 3.99. The number of aryl methyl sites for hydroxylation is 1. The van der Waals surface area contributed by atoms with Gasteiger partial charge in [-0.05, 0) is 24.5 Å². The van der Waals surface area contributed by atoms with E-state index >= 15 is 0 Å². The van der Waals surface area contributed by atoms with Gasteiger partial charge < -0.3 is 10.8 Å². The van der Waals surface area contributed by atoms with Crippen LogP contribution in [0.25, 0.3) is 0 Å². The van der Waals surface area contributed by atoms with Gasteiger partial charge in [-0.15, -0.1) is 0 Å². The first-order chi connectivity index (χ1) is 6.13. The molecule has 3 N–H and O–H groups in total. The molecule has 1 aromatic rings. The maximum absolute atomic E-state index is 8.75. The van der Waals surface area contributed by atoms with Crippen molar-refractivity contribution in [3.63, 3.8) is 0 Å². The van der Waals surface area contributed by atoms with Crippen molar-refractivity contribution in [1.82, 2.24) is 4.98 Å². The van der Waals surface area contributed by atoms with Gasteiger partial charge in [-0.3, -0.25) is 0 Å². The van der Waals surface area contributed by atoms with Crippen LogP contribution in [0.5, 0.6) is 0 Å². The third-order valence-corrected chi connectivity index (χ3v) is 2.20. The third kappa shape index (κ3) is 2.95. The summed E-state index contributed by atoms with van der Waals surface area (Å²) in [7, 11) is 0. The minimum Gasteiger partial charge on any atom is -0.395 e. The van der Waals surface area contributed by atoms with Crippen molar-refractivity contribution in [1.29, 1.82) is 0 Å². The molecule has 1 rings (SSSR count). The van der Waals surface area contributed by atoms with Gasteiger partial charge in [-0.25, -0.2) is 4.98 Å². The number of nitrogens with zero attached hydrogens (tertiary/aromatic N) is 1. The first-order valence-electron chi connectivity index (χ1n) is 4.11. The van der Waals surface area contributed by atoms with Crippen LogP contribution in [0.15, 0.2) is 12.3 Å². The summed E-state index contributed by atoms with van der Waals surface area (Å²) < 4.78 is 0. The van der Waals surface area contributed by atoms with Crippen LogP contribution in [-0.2, 0) is 6.42 Å². The zero-order valence-corrected chi connectivity index (χ0v) is 8.25. The lowest BCUT2D eigenvalue weighted by Crippen LogP contribution is -2.26. The van der Waals surface area contributed by atoms with Crippen LogP contribution in [0.3, 0.4) is 0 Å². The summed E-state index contributed by atoms with van der Waals surface area (Å²) >= 11 is 5.76. The molecule has 4 heteroatoms. The lowest BCUT2D eigenvalue weighted by atomic mass is 10.1. The number of aliphatic hydroxyl groups excluding tert-OH is 1. The van der Waals surface area contributed by atoms with Crippen molar-refractivity contribution in [3.05, 3.63) is 28.5 Å². The van der Waals surface area contributed by atoms with Gasteiger partial charge in [0.2, 0.25) is 0 Å². The highest BCUT2D eigenvalue weighted by Crippen LogP contribution is 2.13. The summed E-state index contributed by atoms with van der Waals surface area (Å²) in [5.41, 5.74) is 7.52. The fourth-order valence-corrected chi connectivity index (χ4v) is 1.20. The molecule has 0 aliphatic heterocycles. The minimum absolute atomic E-state index is 0.0122. The van der Waals surface area contributed by atoms with Crippen molar-refractivity contribution < 1.29 is 5.11 Å². The van der Waals surface area contributed by atoms with Gasteiger partial charge in [-0.1, -0.05) is 17.7 Å². The van der Waals surface area contributed by atoms with Gasteiger partial charge in [0.1, 0.15) is 5.15 Å². The first-order valence-corrected chi connectivity index (χ1v) is 4.48. The lowest BCUT2D eigenvalue weighted by molar-refractivity contribution is 0.265. The highest BCUT2D eigenvalue weighted by molar-refractivity contribution is 6.30. The van der Waals surface area contributed by atoms with Gasteiger partial charge >= 0.3 is 0 Å². The highest BCUT2D eigenvalue weighted by atomic mass is 35.5. The molecular formula is C9H13ClN2O. The average Bonchev–Trinajstić information content (AvgIpc) is 2.11.